The largest absolute Gasteiger partial charge is 0.493 e. The van der Waals surface area contributed by atoms with Crippen LogP contribution in [0.25, 0.3) is 0 Å². The van der Waals surface area contributed by atoms with Crippen molar-refractivity contribution in [3.05, 3.63) is 22.2 Å². The first-order chi connectivity index (χ1) is 7.59. The molecule has 1 saturated carbocycles. The number of methoxy groups -OCH3 is 2. The summed E-state index contributed by atoms with van der Waals surface area (Å²) in [5, 5.41) is 9.90. The molecule has 2 rings (SSSR count). The van der Waals surface area contributed by atoms with E-state index in [1.807, 2.05) is 12.1 Å². The minimum atomic E-state index is -0.498. The van der Waals surface area contributed by atoms with Gasteiger partial charge in [0.25, 0.3) is 0 Å². The topological polar surface area (TPSA) is 38.7 Å². The minimum absolute atomic E-state index is 0.498. The van der Waals surface area contributed by atoms with Crippen molar-refractivity contribution in [2.24, 2.45) is 0 Å². The molecule has 1 aromatic carbocycles. The normalized spacial score (nSPS) is 17.0. The Balaban J connectivity index is 2.32. The van der Waals surface area contributed by atoms with Gasteiger partial charge in [-0.05, 0) is 40.4 Å². The molecule has 0 atom stereocenters. The molecule has 1 fully saturated rings. The zero-order valence-corrected chi connectivity index (χ0v) is 11.0. The third kappa shape index (κ3) is 2.18. The number of ether oxygens (including phenoxy) is 2. The first kappa shape index (κ1) is 11.7. The Kier molecular flexibility index (Phi) is 3.13. The van der Waals surface area contributed by atoms with Crippen molar-refractivity contribution >= 4 is 15.9 Å². The van der Waals surface area contributed by atoms with Gasteiger partial charge in [-0.25, -0.2) is 0 Å². The van der Waals surface area contributed by atoms with Crippen LogP contribution in [0.15, 0.2) is 16.6 Å². The fourth-order valence-corrected chi connectivity index (χ4v) is 2.37. The highest BCUT2D eigenvalue weighted by atomic mass is 79.9. The number of benzene rings is 1. The van der Waals surface area contributed by atoms with Crippen LogP contribution in [0.2, 0.25) is 0 Å². The lowest BCUT2D eigenvalue weighted by Gasteiger charge is -2.14. The molecule has 0 radical (unpaired) electrons. The van der Waals surface area contributed by atoms with Crippen LogP contribution >= 0.6 is 15.9 Å². The Morgan fingerprint density at radius 1 is 1.31 bits per heavy atom. The van der Waals surface area contributed by atoms with Gasteiger partial charge in [-0.3, -0.25) is 0 Å². The van der Waals surface area contributed by atoms with Crippen molar-refractivity contribution in [1.82, 2.24) is 0 Å². The van der Waals surface area contributed by atoms with Crippen molar-refractivity contribution in [3.8, 4) is 11.5 Å². The molecule has 0 spiro atoms. The van der Waals surface area contributed by atoms with Crippen molar-refractivity contribution < 1.29 is 14.6 Å². The molecule has 0 amide bonds. The van der Waals surface area contributed by atoms with Crippen LogP contribution in [0.3, 0.4) is 0 Å². The van der Waals surface area contributed by atoms with Gasteiger partial charge in [0, 0.05) is 6.42 Å². The number of hydrogen-bond donors (Lipinski definition) is 1. The van der Waals surface area contributed by atoms with E-state index in [2.05, 4.69) is 15.9 Å². The van der Waals surface area contributed by atoms with Crippen molar-refractivity contribution in [2.75, 3.05) is 14.2 Å². The van der Waals surface area contributed by atoms with Crippen molar-refractivity contribution in [3.63, 3.8) is 0 Å². The van der Waals surface area contributed by atoms with Gasteiger partial charge >= 0.3 is 0 Å². The Morgan fingerprint density at radius 2 is 2.00 bits per heavy atom. The van der Waals surface area contributed by atoms with Crippen LogP contribution in [0.5, 0.6) is 11.5 Å². The second kappa shape index (κ2) is 4.26. The minimum Gasteiger partial charge on any atom is -0.493 e. The van der Waals surface area contributed by atoms with Gasteiger partial charge in [0.15, 0.2) is 11.5 Å². The van der Waals surface area contributed by atoms with Crippen molar-refractivity contribution in [1.29, 1.82) is 0 Å². The maximum absolute atomic E-state index is 9.90. The Hall–Kier alpha value is -0.740. The van der Waals surface area contributed by atoms with E-state index in [4.69, 9.17) is 9.47 Å². The van der Waals surface area contributed by atoms with Gasteiger partial charge in [-0.2, -0.15) is 0 Å². The summed E-state index contributed by atoms with van der Waals surface area (Å²) in [5.41, 5.74) is 0.555. The summed E-state index contributed by atoms with van der Waals surface area (Å²) in [6, 6.07) is 3.83. The molecule has 0 unspecified atom stereocenters. The maximum Gasteiger partial charge on any atom is 0.175 e. The van der Waals surface area contributed by atoms with Crippen LogP contribution in [-0.4, -0.2) is 24.9 Å². The molecule has 0 bridgehead atoms. The summed E-state index contributed by atoms with van der Waals surface area (Å²) in [7, 11) is 3.22. The Bertz CT molecular complexity index is 399. The van der Waals surface area contributed by atoms with E-state index in [-0.39, 0.29) is 0 Å². The molecule has 0 aromatic heterocycles. The lowest BCUT2D eigenvalue weighted by atomic mass is 10.1. The monoisotopic (exact) mass is 286 g/mol. The molecule has 1 aliphatic carbocycles. The van der Waals surface area contributed by atoms with E-state index in [0.717, 1.165) is 22.9 Å². The van der Waals surface area contributed by atoms with E-state index < -0.39 is 5.60 Å². The summed E-state index contributed by atoms with van der Waals surface area (Å²) in [5.74, 6) is 1.38. The average Bonchev–Trinajstić information content (AvgIpc) is 2.99. The molecular weight excluding hydrogens is 272 g/mol. The highest BCUT2D eigenvalue weighted by Crippen LogP contribution is 2.43. The van der Waals surface area contributed by atoms with E-state index in [1.54, 1.807) is 14.2 Å². The summed E-state index contributed by atoms with van der Waals surface area (Å²) in [6.07, 6.45) is 2.43. The smallest absolute Gasteiger partial charge is 0.175 e. The Labute approximate surface area is 104 Å². The van der Waals surface area contributed by atoms with Gasteiger partial charge in [-0.1, -0.05) is 6.07 Å². The number of aliphatic hydroxyl groups is 1. The number of halogens is 1. The van der Waals surface area contributed by atoms with Crippen LogP contribution in [-0.2, 0) is 6.42 Å². The predicted molar refractivity (Wildman–Crippen MR) is 65.1 cm³/mol. The van der Waals surface area contributed by atoms with Gasteiger partial charge in [0.05, 0.1) is 24.3 Å². The first-order valence-electron chi connectivity index (χ1n) is 5.21. The molecule has 88 valence electrons. The van der Waals surface area contributed by atoms with E-state index >= 15 is 0 Å². The fraction of sp³-hybridized carbons (Fsp3) is 0.500. The number of rotatable bonds is 4. The summed E-state index contributed by atoms with van der Waals surface area (Å²) < 4.78 is 11.4. The van der Waals surface area contributed by atoms with Crippen LogP contribution < -0.4 is 9.47 Å². The lowest BCUT2D eigenvalue weighted by Crippen LogP contribution is -2.11. The second-order valence-corrected chi connectivity index (χ2v) is 4.97. The van der Waals surface area contributed by atoms with Crippen LogP contribution in [0, 0.1) is 0 Å². The molecule has 3 nitrogen and oxygen atoms in total. The quantitative estimate of drug-likeness (QED) is 0.925. The lowest BCUT2D eigenvalue weighted by molar-refractivity contribution is 0.150. The molecule has 0 heterocycles. The standard InChI is InChI=1S/C12H15BrO3/c1-15-9-4-3-8(7-12(14)5-6-12)10(13)11(9)16-2/h3-4,14H,5-7H2,1-2H3. The summed E-state index contributed by atoms with van der Waals surface area (Å²) >= 11 is 3.50. The molecule has 1 N–H and O–H groups in total. The van der Waals surface area contributed by atoms with Crippen LogP contribution in [0.4, 0.5) is 0 Å². The fourth-order valence-electron chi connectivity index (χ4n) is 1.74. The van der Waals surface area contributed by atoms with Gasteiger partial charge in [0.1, 0.15) is 0 Å². The molecule has 4 heteroatoms. The predicted octanol–water partition coefficient (Wildman–Crippen LogP) is 2.53. The van der Waals surface area contributed by atoms with Gasteiger partial charge < -0.3 is 14.6 Å². The summed E-state index contributed by atoms with van der Waals surface area (Å²) in [4.78, 5) is 0. The van der Waals surface area contributed by atoms with E-state index in [1.165, 1.54) is 0 Å². The van der Waals surface area contributed by atoms with E-state index in [9.17, 15) is 5.11 Å². The summed E-state index contributed by atoms with van der Waals surface area (Å²) in [6.45, 7) is 0. The molecule has 0 aliphatic heterocycles. The van der Waals surface area contributed by atoms with Gasteiger partial charge in [-0.15, -0.1) is 0 Å². The molecule has 1 aromatic rings. The first-order valence-corrected chi connectivity index (χ1v) is 6.01. The average molecular weight is 287 g/mol. The molecule has 16 heavy (non-hydrogen) atoms. The zero-order chi connectivity index (χ0) is 11.8. The van der Waals surface area contributed by atoms with E-state index in [0.29, 0.717) is 17.9 Å². The highest BCUT2D eigenvalue weighted by molar-refractivity contribution is 9.10. The van der Waals surface area contributed by atoms with Crippen molar-refractivity contribution in [2.45, 2.75) is 24.9 Å². The Morgan fingerprint density at radius 3 is 2.50 bits per heavy atom. The SMILES string of the molecule is COc1ccc(CC2(O)CC2)c(Br)c1OC. The molecular formula is C12H15BrO3. The highest BCUT2D eigenvalue weighted by Gasteiger charge is 2.40. The molecule has 1 aliphatic rings. The van der Waals surface area contributed by atoms with Crippen LogP contribution in [0.1, 0.15) is 18.4 Å². The third-order valence-electron chi connectivity index (χ3n) is 2.91. The van der Waals surface area contributed by atoms with Gasteiger partial charge in [0.2, 0.25) is 0 Å². The zero-order valence-electron chi connectivity index (χ0n) is 9.42. The maximum atomic E-state index is 9.90. The molecule has 0 saturated heterocycles. The second-order valence-electron chi connectivity index (χ2n) is 4.18. The third-order valence-corrected chi connectivity index (χ3v) is 3.78. The number of hydrogen-bond acceptors (Lipinski definition) is 3.